The molecule has 4 fully saturated rings. The topological polar surface area (TPSA) is 75.3 Å². The zero-order valence-electron chi connectivity index (χ0n) is 14.6. The van der Waals surface area contributed by atoms with Crippen molar-refractivity contribution in [3.63, 3.8) is 0 Å². The van der Waals surface area contributed by atoms with Gasteiger partial charge in [0, 0.05) is 16.8 Å². The van der Waals surface area contributed by atoms with Crippen LogP contribution in [0.25, 0.3) is 0 Å². The number of hydrogen-bond acceptors (Lipinski definition) is 3. The fraction of sp³-hybridized carbons (Fsp3) is 0.632. The molecule has 2 N–H and O–H groups in total. The SMILES string of the molecule is CCS(=O)(=O)Nc1ccc(C(=O)NC23CC4CC(CC(C4)C2)C3)cc1. The van der Waals surface area contributed by atoms with Crippen LogP contribution >= 0.6 is 0 Å². The summed E-state index contributed by atoms with van der Waals surface area (Å²) >= 11 is 0. The molecule has 0 heterocycles. The lowest BCUT2D eigenvalue weighted by Crippen LogP contribution is -2.59. The molecule has 0 spiro atoms. The third-order valence-corrected chi connectivity index (χ3v) is 7.52. The highest BCUT2D eigenvalue weighted by atomic mass is 32.2. The van der Waals surface area contributed by atoms with Gasteiger partial charge in [-0.3, -0.25) is 9.52 Å². The molecule has 4 aliphatic rings. The van der Waals surface area contributed by atoms with Crippen molar-refractivity contribution < 1.29 is 13.2 Å². The van der Waals surface area contributed by atoms with E-state index in [1.54, 1.807) is 31.2 Å². The minimum Gasteiger partial charge on any atom is -0.347 e. The average molecular weight is 362 g/mol. The first kappa shape index (κ1) is 16.9. The van der Waals surface area contributed by atoms with Gasteiger partial charge >= 0.3 is 0 Å². The van der Waals surface area contributed by atoms with Gasteiger partial charge in [-0.25, -0.2) is 8.42 Å². The lowest BCUT2D eigenvalue weighted by molar-refractivity contribution is -0.0167. The van der Waals surface area contributed by atoms with Gasteiger partial charge in [0.05, 0.1) is 5.75 Å². The normalized spacial score (nSPS) is 33.2. The van der Waals surface area contributed by atoms with Crippen LogP contribution in [0, 0.1) is 17.8 Å². The Hall–Kier alpha value is -1.56. The Labute approximate surface area is 149 Å². The predicted molar refractivity (Wildman–Crippen MR) is 97.9 cm³/mol. The number of carbonyl (C=O) groups excluding carboxylic acids is 1. The molecule has 1 amide bonds. The average Bonchev–Trinajstić information content (AvgIpc) is 2.53. The van der Waals surface area contributed by atoms with Gasteiger partial charge in [-0.1, -0.05) is 0 Å². The molecule has 1 aromatic carbocycles. The Kier molecular flexibility index (Phi) is 4.06. The van der Waals surface area contributed by atoms with Gasteiger partial charge in [-0.05, 0) is 87.5 Å². The smallest absolute Gasteiger partial charge is 0.251 e. The highest BCUT2D eigenvalue weighted by Crippen LogP contribution is 2.55. The number of nitrogens with one attached hydrogen (secondary N) is 2. The maximum absolute atomic E-state index is 12.7. The van der Waals surface area contributed by atoms with E-state index in [0.29, 0.717) is 11.3 Å². The molecule has 4 aliphatic carbocycles. The Morgan fingerprint density at radius 3 is 2.04 bits per heavy atom. The molecule has 0 aliphatic heterocycles. The van der Waals surface area contributed by atoms with Gasteiger partial charge in [0.25, 0.3) is 5.91 Å². The first-order valence-corrected chi connectivity index (χ1v) is 10.9. The number of hydrogen-bond donors (Lipinski definition) is 2. The summed E-state index contributed by atoms with van der Waals surface area (Å²) in [7, 11) is -3.29. The number of benzene rings is 1. The van der Waals surface area contributed by atoms with Gasteiger partial charge in [0.15, 0.2) is 0 Å². The second-order valence-corrected chi connectivity index (χ2v) is 10.2. The summed E-state index contributed by atoms with van der Waals surface area (Å²) in [4.78, 5) is 12.7. The van der Waals surface area contributed by atoms with Crippen LogP contribution in [-0.4, -0.2) is 25.6 Å². The zero-order valence-corrected chi connectivity index (χ0v) is 15.4. The van der Waals surface area contributed by atoms with Gasteiger partial charge in [-0.15, -0.1) is 0 Å². The largest absolute Gasteiger partial charge is 0.347 e. The van der Waals surface area contributed by atoms with Crippen LogP contribution in [-0.2, 0) is 10.0 Å². The molecule has 6 heteroatoms. The maximum atomic E-state index is 12.7. The van der Waals surface area contributed by atoms with Crippen LogP contribution in [0.15, 0.2) is 24.3 Å². The van der Waals surface area contributed by atoms with Gasteiger partial charge in [-0.2, -0.15) is 0 Å². The molecule has 0 saturated heterocycles. The Bertz CT molecular complexity index is 735. The van der Waals surface area contributed by atoms with Gasteiger partial charge < -0.3 is 5.32 Å². The van der Waals surface area contributed by atoms with E-state index in [1.165, 1.54) is 19.3 Å². The molecule has 5 nitrogen and oxygen atoms in total. The summed E-state index contributed by atoms with van der Waals surface area (Å²) in [6.45, 7) is 1.59. The number of carbonyl (C=O) groups is 1. The number of rotatable bonds is 5. The van der Waals surface area contributed by atoms with E-state index < -0.39 is 10.0 Å². The van der Waals surface area contributed by atoms with Crippen molar-refractivity contribution in [2.24, 2.45) is 17.8 Å². The molecule has 0 unspecified atom stereocenters. The molecule has 0 atom stereocenters. The Balaban J connectivity index is 1.45. The second kappa shape index (κ2) is 6.01. The molecular formula is C19H26N2O3S. The minimum atomic E-state index is -3.29. The Morgan fingerprint density at radius 2 is 1.56 bits per heavy atom. The standard InChI is InChI=1S/C19H26N2O3S/c1-2-25(23,24)21-17-5-3-16(4-6-17)18(22)20-19-10-13-7-14(11-19)9-15(8-13)12-19/h3-6,13-15,21H,2,7-12H2,1H3,(H,20,22). The summed E-state index contributed by atoms with van der Waals surface area (Å²) in [5.74, 6) is 2.36. The van der Waals surface area contributed by atoms with E-state index in [1.807, 2.05) is 0 Å². The quantitative estimate of drug-likeness (QED) is 0.845. The van der Waals surface area contributed by atoms with Crippen molar-refractivity contribution >= 4 is 21.6 Å². The van der Waals surface area contributed by atoms with Crippen molar-refractivity contribution in [1.29, 1.82) is 0 Å². The van der Waals surface area contributed by atoms with E-state index in [4.69, 9.17) is 0 Å². The van der Waals surface area contributed by atoms with E-state index >= 15 is 0 Å². The molecular weight excluding hydrogens is 336 g/mol. The van der Waals surface area contributed by atoms with Crippen molar-refractivity contribution in [3.05, 3.63) is 29.8 Å². The Morgan fingerprint density at radius 1 is 1.04 bits per heavy atom. The molecule has 0 radical (unpaired) electrons. The number of sulfonamides is 1. The van der Waals surface area contributed by atoms with E-state index in [0.717, 1.165) is 37.0 Å². The van der Waals surface area contributed by atoms with E-state index in [-0.39, 0.29) is 17.2 Å². The summed E-state index contributed by atoms with van der Waals surface area (Å²) in [5.41, 5.74) is 1.08. The number of anilines is 1. The molecule has 0 aromatic heterocycles. The van der Waals surface area contributed by atoms with Crippen LogP contribution < -0.4 is 10.0 Å². The lowest BCUT2D eigenvalue weighted by Gasteiger charge is -2.56. The van der Waals surface area contributed by atoms with E-state index in [9.17, 15) is 13.2 Å². The van der Waals surface area contributed by atoms with Crippen molar-refractivity contribution in [3.8, 4) is 0 Å². The summed E-state index contributed by atoms with van der Waals surface area (Å²) in [6, 6.07) is 6.70. The second-order valence-electron chi connectivity index (χ2n) is 8.23. The van der Waals surface area contributed by atoms with Crippen LogP contribution in [0.5, 0.6) is 0 Å². The highest BCUT2D eigenvalue weighted by molar-refractivity contribution is 7.92. The van der Waals surface area contributed by atoms with E-state index in [2.05, 4.69) is 10.0 Å². The van der Waals surface area contributed by atoms with Crippen LogP contribution in [0.3, 0.4) is 0 Å². The molecule has 136 valence electrons. The first-order chi connectivity index (χ1) is 11.9. The van der Waals surface area contributed by atoms with Crippen LogP contribution in [0.4, 0.5) is 5.69 Å². The summed E-state index contributed by atoms with van der Waals surface area (Å²) in [6.07, 6.45) is 7.42. The van der Waals surface area contributed by atoms with Crippen molar-refractivity contribution in [2.75, 3.05) is 10.5 Å². The monoisotopic (exact) mass is 362 g/mol. The summed E-state index contributed by atoms with van der Waals surface area (Å²) in [5, 5.41) is 3.34. The summed E-state index contributed by atoms with van der Waals surface area (Å²) < 4.78 is 25.7. The number of amides is 1. The van der Waals surface area contributed by atoms with Crippen LogP contribution in [0.1, 0.15) is 55.8 Å². The molecule has 4 saturated carbocycles. The molecule has 4 bridgehead atoms. The first-order valence-electron chi connectivity index (χ1n) is 9.29. The fourth-order valence-electron chi connectivity index (χ4n) is 5.52. The van der Waals surface area contributed by atoms with Crippen molar-refractivity contribution in [1.82, 2.24) is 5.32 Å². The molecule has 5 rings (SSSR count). The fourth-order valence-corrected chi connectivity index (χ4v) is 6.16. The third kappa shape index (κ3) is 3.41. The molecule has 1 aromatic rings. The highest BCUT2D eigenvalue weighted by Gasteiger charge is 2.51. The zero-order chi connectivity index (χ0) is 17.7. The van der Waals surface area contributed by atoms with Gasteiger partial charge in [0.2, 0.25) is 10.0 Å². The third-order valence-electron chi connectivity index (χ3n) is 6.22. The van der Waals surface area contributed by atoms with Crippen molar-refractivity contribution in [2.45, 2.75) is 51.0 Å². The molecule has 25 heavy (non-hydrogen) atoms. The minimum absolute atomic E-state index is 0.00565. The van der Waals surface area contributed by atoms with Crippen LogP contribution in [0.2, 0.25) is 0 Å². The predicted octanol–water partition coefficient (Wildman–Crippen LogP) is 3.15. The van der Waals surface area contributed by atoms with Gasteiger partial charge in [0.1, 0.15) is 0 Å². The maximum Gasteiger partial charge on any atom is 0.251 e. The lowest BCUT2D eigenvalue weighted by atomic mass is 9.53.